The molecule has 1 aliphatic heterocycles. The number of carbonyl (C=O) groups excluding carboxylic acids is 1. The lowest BCUT2D eigenvalue weighted by molar-refractivity contribution is -0.138. The third kappa shape index (κ3) is 4.62. The van der Waals surface area contributed by atoms with Crippen molar-refractivity contribution in [1.82, 2.24) is 9.80 Å². The predicted octanol–water partition coefficient (Wildman–Crippen LogP) is 4.03. The zero-order valence-corrected chi connectivity index (χ0v) is 13.6. The fourth-order valence-electron chi connectivity index (χ4n) is 3.13. The van der Waals surface area contributed by atoms with Gasteiger partial charge >= 0.3 is 12.2 Å². The Morgan fingerprint density at radius 3 is 2.65 bits per heavy atom. The number of piperidine rings is 1. The first-order chi connectivity index (χ1) is 10.8. The normalized spacial score (nSPS) is 18.8. The number of nitrogens with zero attached hydrogens (tertiary/aromatic N) is 2. The fourth-order valence-corrected chi connectivity index (χ4v) is 3.13. The molecule has 0 radical (unpaired) electrons. The van der Waals surface area contributed by atoms with E-state index >= 15 is 0 Å². The van der Waals surface area contributed by atoms with Crippen LogP contribution in [0.25, 0.3) is 0 Å². The maximum Gasteiger partial charge on any atom is 0.416 e. The summed E-state index contributed by atoms with van der Waals surface area (Å²) in [6.45, 7) is 1.36. The van der Waals surface area contributed by atoms with Crippen LogP contribution in [0.4, 0.5) is 18.0 Å². The summed E-state index contributed by atoms with van der Waals surface area (Å²) in [7, 11) is 3.43. The SMILES string of the molecule is CN(C)C(=O)N1CCCC(CCc2ccccc2C(F)(F)F)C1. The zero-order valence-electron chi connectivity index (χ0n) is 13.6. The second-order valence-electron chi connectivity index (χ2n) is 6.32. The lowest BCUT2D eigenvalue weighted by Gasteiger charge is -2.34. The minimum absolute atomic E-state index is 0.0228. The van der Waals surface area contributed by atoms with Crippen molar-refractivity contribution in [3.05, 3.63) is 35.4 Å². The van der Waals surface area contributed by atoms with Crippen molar-refractivity contribution in [2.75, 3.05) is 27.2 Å². The van der Waals surface area contributed by atoms with Gasteiger partial charge in [0.2, 0.25) is 0 Å². The van der Waals surface area contributed by atoms with E-state index in [-0.39, 0.29) is 11.9 Å². The first-order valence-electron chi connectivity index (χ1n) is 7.90. The second kappa shape index (κ2) is 7.23. The summed E-state index contributed by atoms with van der Waals surface area (Å²) in [5.41, 5.74) is -0.201. The van der Waals surface area contributed by atoms with E-state index in [1.807, 2.05) is 0 Å². The van der Waals surface area contributed by atoms with Gasteiger partial charge in [-0.25, -0.2) is 4.79 Å². The van der Waals surface area contributed by atoms with Crippen molar-refractivity contribution in [3.8, 4) is 0 Å². The summed E-state index contributed by atoms with van der Waals surface area (Å²) < 4.78 is 39.0. The van der Waals surface area contributed by atoms with Gasteiger partial charge in [-0.3, -0.25) is 0 Å². The van der Waals surface area contributed by atoms with Crippen LogP contribution in [0, 0.1) is 5.92 Å². The van der Waals surface area contributed by atoms with Gasteiger partial charge in [0.25, 0.3) is 0 Å². The molecule has 6 heteroatoms. The van der Waals surface area contributed by atoms with E-state index in [9.17, 15) is 18.0 Å². The van der Waals surface area contributed by atoms with Crippen LogP contribution in [0.2, 0.25) is 0 Å². The number of benzene rings is 1. The molecular weight excluding hydrogens is 305 g/mol. The number of aryl methyl sites for hydroxylation is 1. The van der Waals surface area contributed by atoms with Crippen LogP contribution in [0.3, 0.4) is 0 Å². The molecule has 1 unspecified atom stereocenters. The molecule has 0 aromatic heterocycles. The Kier molecular flexibility index (Phi) is 5.55. The van der Waals surface area contributed by atoms with Crippen LogP contribution in [-0.4, -0.2) is 43.0 Å². The molecule has 3 nitrogen and oxygen atoms in total. The van der Waals surface area contributed by atoms with Gasteiger partial charge in [-0.15, -0.1) is 0 Å². The van der Waals surface area contributed by atoms with E-state index in [2.05, 4.69) is 0 Å². The number of likely N-dealkylation sites (tertiary alicyclic amines) is 1. The Morgan fingerprint density at radius 1 is 1.30 bits per heavy atom. The summed E-state index contributed by atoms with van der Waals surface area (Å²) in [6, 6.07) is 5.73. The van der Waals surface area contributed by atoms with Gasteiger partial charge in [0, 0.05) is 27.2 Å². The van der Waals surface area contributed by atoms with Gasteiger partial charge in [-0.1, -0.05) is 18.2 Å². The Morgan fingerprint density at radius 2 is 2.00 bits per heavy atom. The van der Waals surface area contributed by atoms with E-state index in [0.717, 1.165) is 25.5 Å². The van der Waals surface area contributed by atoms with Gasteiger partial charge in [-0.2, -0.15) is 13.2 Å². The molecule has 1 heterocycles. The van der Waals surface area contributed by atoms with Gasteiger partial charge in [0.1, 0.15) is 0 Å². The van der Waals surface area contributed by atoms with Crippen molar-refractivity contribution in [1.29, 1.82) is 0 Å². The van der Waals surface area contributed by atoms with Crippen LogP contribution in [-0.2, 0) is 12.6 Å². The van der Waals surface area contributed by atoms with E-state index in [4.69, 9.17) is 0 Å². The number of rotatable bonds is 3. The second-order valence-corrected chi connectivity index (χ2v) is 6.32. The summed E-state index contributed by atoms with van der Waals surface area (Å²) in [5.74, 6) is 0.258. The summed E-state index contributed by atoms with van der Waals surface area (Å²) in [5, 5.41) is 0. The largest absolute Gasteiger partial charge is 0.416 e. The number of hydrogen-bond donors (Lipinski definition) is 0. The standard InChI is InChI=1S/C17H23F3N2O/c1-21(2)16(23)22-11-5-6-13(12-22)9-10-14-7-3-4-8-15(14)17(18,19)20/h3-4,7-8,13H,5-6,9-12H2,1-2H3. The molecule has 2 amide bonds. The molecule has 0 aliphatic carbocycles. The Balaban J connectivity index is 1.98. The zero-order chi connectivity index (χ0) is 17.0. The number of carbonyl (C=O) groups is 1. The molecule has 128 valence electrons. The van der Waals surface area contributed by atoms with Crippen LogP contribution in [0.1, 0.15) is 30.4 Å². The van der Waals surface area contributed by atoms with Gasteiger partial charge in [0.15, 0.2) is 0 Å². The first kappa shape index (κ1) is 17.6. The molecule has 2 rings (SSSR count). The molecule has 1 aromatic rings. The highest BCUT2D eigenvalue weighted by Gasteiger charge is 2.33. The monoisotopic (exact) mass is 328 g/mol. The van der Waals surface area contributed by atoms with Gasteiger partial charge in [0.05, 0.1) is 5.56 Å². The highest BCUT2D eigenvalue weighted by Crippen LogP contribution is 2.33. The van der Waals surface area contributed by atoms with E-state index in [1.54, 1.807) is 36.0 Å². The molecule has 1 aliphatic rings. The maximum absolute atomic E-state index is 13.0. The highest BCUT2D eigenvalue weighted by atomic mass is 19.4. The van der Waals surface area contributed by atoms with Gasteiger partial charge < -0.3 is 9.80 Å². The highest BCUT2D eigenvalue weighted by molar-refractivity contribution is 5.73. The molecule has 0 saturated carbocycles. The lowest BCUT2D eigenvalue weighted by atomic mass is 9.90. The third-order valence-corrected chi connectivity index (χ3v) is 4.32. The molecule has 0 N–H and O–H groups in total. The van der Waals surface area contributed by atoms with Crippen LogP contribution < -0.4 is 0 Å². The molecule has 1 atom stereocenters. The predicted molar refractivity (Wildman–Crippen MR) is 83.1 cm³/mol. The van der Waals surface area contributed by atoms with Crippen molar-refractivity contribution in [3.63, 3.8) is 0 Å². The fraction of sp³-hybridized carbons (Fsp3) is 0.588. The van der Waals surface area contributed by atoms with Crippen molar-refractivity contribution >= 4 is 6.03 Å². The number of amides is 2. The van der Waals surface area contributed by atoms with Crippen LogP contribution in [0.5, 0.6) is 0 Å². The molecule has 23 heavy (non-hydrogen) atoms. The number of hydrogen-bond acceptors (Lipinski definition) is 1. The average Bonchev–Trinajstić information content (AvgIpc) is 2.51. The first-order valence-corrected chi connectivity index (χ1v) is 7.90. The topological polar surface area (TPSA) is 23.6 Å². The Bertz CT molecular complexity index is 543. The summed E-state index contributed by atoms with van der Waals surface area (Å²) in [4.78, 5) is 15.3. The van der Waals surface area contributed by atoms with Crippen LogP contribution in [0.15, 0.2) is 24.3 Å². The summed E-state index contributed by atoms with van der Waals surface area (Å²) in [6.07, 6.45) is -1.37. The quantitative estimate of drug-likeness (QED) is 0.822. The minimum Gasteiger partial charge on any atom is -0.331 e. The number of urea groups is 1. The lowest BCUT2D eigenvalue weighted by Crippen LogP contribution is -2.45. The molecule has 1 fully saturated rings. The van der Waals surface area contributed by atoms with Crippen molar-refractivity contribution < 1.29 is 18.0 Å². The Hall–Kier alpha value is -1.72. The van der Waals surface area contributed by atoms with Crippen molar-refractivity contribution in [2.24, 2.45) is 5.92 Å². The maximum atomic E-state index is 13.0. The van der Waals surface area contributed by atoms with E-state index in [1.165, 1.54) is 6.07 Å². The summed E-state index contributed by atoms with van der Waals surface area (Å²) >= 11 is 0. The van der Waals surface area contributed by atoms with Crippen molar-refractivity contribution in [2.45, 2.75) is 31.9 Å². The smallest absolute Gasteiger partial charge is 0.331 e. The molecular formula is C17H23F3N2O. The van der Waals surface area contributed by atoms with Crippen LogP contribution >= 0.6 is 0 Å². The number of alkyl halides is 3. The van der Waals surface area contributed by atoms with E-state index in [0.29, 0.717) is 24.9 Å². The van der Waals surface area contributed by atoms with E-state index < -0.39 is 11.7 Å². The van der Waals surface area contributed by atoms with Gasteiger partial charge in [-0.05, 0) is 43.2 Å². The average molecular weight is 328 g/mol. The number of halogens is 3. The minimum atomic E-state index is -4.31. The molecule has 0 bridgehead atoms. The molecule has 1 saturated heterocycles. The third-order valence-electron chi connectivity index (χ3n) is 4.32. The molecule has 1 aromatic carbocycles. The molecule has 0 spiro atoms. The Labute approximate surface area is 135 Å².